The van der Waals surface area contributed by atoms with Gasteiger partial charge in [-0.15, -0.1) is 12.4 Å². The van der Waals surface area contributed by atoms with E-state index in [9.17, 15) is 0 Å². The van der Waals surface area contributed by atoms with E-state index >= 15 is 0 Å². The van der Waals surface area contributed by atoms with E-state index in [1.807, 2.05) is 0 Å². The zero-order valence-electron chi connectivity index (χ0n) is 10.0. The van der Waals surface area contributed by atoms with Crippen molar-refractivity contribution in [3.05, 3.63) is 35.9 Å². The number of nitrogens with zero attached hydrogens (tertiary/aromatic N) is 1. The number of hydrogen-bond acceptors (Lipinski definition) is 2. The van der Waals surface area contributed by atoms with Gasteiger partial charge in [-0.1, -0.05) is 30.3 Å². The fraction of sp³-hybridized carbons (Fsp3) is 0.538. The molecule has 0 spiro atoms. The van der Waals surface area contributed by atoms with Gasteiger partial charge in [0.05, 0.1) is 0 Å². The first-order valence-electron chi connectivity index (χ1n) is 5.77. The summed E-state index contributed by atoms with van der Waals surface area (Å²) in [5, 5.41) is 3.36. The zero-order chi connectivity index (χ0) is 10.7. The van der Waals surface area contributed by atoms with Crippen molar-refractivity contribution in [2.75, 3.05) is 20.1 Å². The third-order valence-electron chi connectivity index (χ3n) is 3.46. The van der Waals surface area contributed by atoms with Crippen molar-refractivity contribution < 1.29 is 0 Å². The molecular formula is C13H21ClN2. The van der Waals surface area contributed by atoms with Crippen LogP contribution in [0.3, 0.4) is 0 Å². The molecule has 0 aliphatic carbocycles. The van der Waals surface area contributed by atoms with Gasteiger partial charge in [0.2, 0.25) is 0 Å². The summed E-state index contributed by atoms with van der Waals surface area (Å²) in [7, 11) is 2.06. The van der Waals surface area contributed by atoms with Crippen molar-refractivity contribution in [3.8, 4) is 0 Å². The first-order chi connectivity index (χ1) is 7.31. The molecule has 0 radical (unpaired) electrons. The smallest absolute Gasteiger partial charge is 0.0320 e. The molecule has 2 rings (SSSR count). The van der Waals surface area contributed by atoms with Crippen LogP contribution in [0.25, 0.3) is 0 Å². The lowest BCUT2D eigenvalue weighted by atomic mass is 10.1. The molecule has 1 saturated heterocycles. The maximum absolute atomic E-state index is 3.36. The number of hydrogen-bond donors (Lipinski definition) is 1. The molecule has 2 atom stereocenters. The van der Waals surface area contributed by atoms with E-state index in [1.165, 1.54) is 25.1 Å². The fourth-order valence-electron chi connectivity index (χ4n) is 2.32. The lowest BCUT2D eigenvalue weighted by Crippen LogP contribution is -2.31. The Hall–Kier alpha value is -0.570. The van der Waals surface area contributed by atoms with Gasteiger partial charge in [-0.05, 0) is 26.0 Å². The second-order valence-corrected chi connectivity index (χ2v) is 4.36. The molecule has 90 valence electrons. The highest BCUT2D eigenvalue weighted by Gasteiger charge is 2.25. The Kier molecular flexibility index (Phi) is 5.26. The van der Waals surface area contributed by atoms with Crippen molar-refractivity contribution in [1.82, 2.24) is 10.2 Å². The summed E-state index contributed by atoms with van der Waals surface area (Å²) in [5.74, 6) is 0. The minimum Gasteiger partial charge on any atom is -0.316 e. The lowest BCUT2D eigenvalue weighted by molar-refractivity contribution is 0.257. The Bertz CT molecular complexity index is 302. The van der Waals surface area contributed by atoms with Gasteiger partial charge < -0.3 is 5.32 Å². The molecule has 1 aromatic rings. The summed E-state index contributed by atoms with van der Waals surface area (Å²) < 4.78 is 0. The van der Waals surface area contributed by atoms with Crippen LogP contribution in [-0.2, 0) is 0 Å². The number of rotatable bonds is 3. The highest BCUT2D eigenvalue weighted by Crippen LogP contribution is 2.24. The quantitative estimate of drug-likeness (QED) is 0.873. The van der Waals surface area contributed by atoms with E-state index < -0.39 is 0 Å². The molecule has 1 aliphatic heterocycles. The molecule has 0 saturated carbocycles. The van der Waals surface area contributed by atoms with Gasteiger partial charge in [-0.25, -0.2) is 0 Å². The van der Waals surface area contributed by atoms with E-state index in [2.05, 4.69) is 54.5 Å². The molecule has 2 nitrogen and oxygen atoms in total. The Morgan fingerprint density at radius 1 is 1.31 bits per heavy atom. The highest BCUT2D eigenvalue weighted by molar-refractivity contribution is 5.85. The molecule has 1 aromatic carbocycles. The average Bonchev–Trinajstić information content (AvgIpc) is 2.78. The number of likely N-dealkylation sites (tertiary alicyclic amines) is 1. The molecule has 0 aromatic heterocycles. The standard InChI is InChI=1S/C13H20N2.ClH/c1-11(12-6-4-3-5-7-12)15-9-8-13(10-15)14-2;/h3-7,11,13-14H,8-10H2,1-2H3;1H. The Morgan fingerprint density at radius 3 is 2.56 bits per heavy atom. The van der Waals surface area contributed by atoms with Crippen molar-refractivity contribution in [3.63, 3.8) is 0 Å². The molecule has 2 unspecified atom stereocenters. The third kappa shape index (κ3) is 2.97. The minimum absolute atomic E-state index is 0. The number of benzene rings is 1. The van der Waals surface area contributed by atoms with Crippen LogP contribution >= 0.6 is 12.4 Å². The van der Waals surface area contributed by atoms with Crippen molar-refractivity contribution >= 4 is 12.4 Å². The Morgan fingerprint density at radius 2 is 2.00 bits per heavy atom. The van der Waals surface area contributed by atoms with Gasteiger partial charge in [0.1, 0.15) is 0 Å². The summed E-state index contributed by atoms with van der Waals surface area (Å²) in [6, 6.07) is 12.0. The summed E-state index contributed by atoms with van der Waals surface area (Å²) in [6.45, 7) is 4.68. The number of nitrogens with one attached hydrogen (secondary N) is 1. The second kappa shape index (κ2) is 6.24. The van der Waals surface area contributed by atoms with Gasteiger partial charge in [0.15, 0.2) is 0 Å². The number of halogens is 1. The largest absolute Gasteiger partial charge is 0.316 e. The van der Waals surface area contributed by atoms with E-state index in [4.69, 9.17) is 0 Å². The summed E-state index contributed by atoms with van der Waals surface area (Å²) >= 11 is 0. The van der Waals surface area contributed by atoms with Gasteiger partial charge in [-0.3, -0.25) is 4.90 Å². The molecule has 1 N–H and O–H groups in total. The second-order valence-electron chi connectivity index (χ2n) is 4.36. The van der Waals surface area contributed by atoms with E-state index in [-0.39, 0.29) is 12.4 Å². The first kappa shape index (κ1) is 13.5. The molecule has 1 fully saturated rings. The normalized spacial score (nSPS) is 22.8. The van der Waals surface area contributed by atoms with Crippen molar-refractivity contribution in [1.29, 1.82) is 0 Å². The SMILES string of the molecule is CNC1CCN(C(C)c2ccccc2)C1.Cl. The van der Waals surface area contributed by atoms with Gasteiger partial charge >= 0.3 is 0 Å². The minimum atomic E-state index is 0. The summed E-state index contributed by atoms with van der Waals surface area (Å²) in [6.07, 6.45) is 1.27. The van der Waals surface area contributed by atoms with Crippen molar-refractivity contribution in [2.24, 2.45) is 0 Å². The highest BCUT2D eigenvalue weighted by atomic mass is 35.5. The number of likely N-dealkylation sites (N-methyl/N-ethyl adjacent to an activating group) is 1. The lowest BCUT2D eigenvalue weighted by Gasteiger charge is -2.24. The Labute approximate surface area is 104 Å². The van der Waals surface area contributed by atoms with Gasteiger partial charge in [0, 0.05) is 25.2 Å². The van der Waals surface area contributed by atoms with Crippen LogP contribution in [0.15, 0.2) is 30.3 Å². The third-order valence-corrected chi connectivity index (χ3v) is 3.46. The van der Waals surface area contributed by atoms with E-state index in [0.717, 1.165) is 0 Å². The first-order valence-corrected chi connectivity index (χ1v) is 5.77. The predicted molar refractivity (Wildman–Crippen MR) is 71.1 cm³/mol. The zero-order valence-corrected chi connectivity index (χ0v) is 10.8. The van der Waals surface area contributed by atoms with Crippen LogP contribution in [0.5, 0.6) is 0 Å². The van der Waals surface area contributed by atoms with Crippen LogP contribution in [0.1, 0.15) is 24.9 Å². The fourth-order valence-corrected chi connectivity index (χ4v) is 2.32. The maximum atomic E-state index is 3.36. The van der Waals surface area contributed by atoms with Crippen LogP contribution in [0.2, 0.25) is 0 Å². The molecule has 1 heterocycles. The molecule has 0 bridgehead atoms. The van der Waals surface area contributed by atoms with E-state index in [1.54, 1.807) is 0 Å². The Balaban J connectivity index is 0.00000128. The molecule has 3 heteroatoms. The van der Waals surface area contributed by atoms with Crippen molar-refractivity contribution in [2.45, 2.75) is 25.4 Å². The summed E-state index contributed by atoms with van der Waals surface area (Å²) in [4.78, 5) is 2.55. The monoisotopic (exact) mass is 240 g/mol. The van der Waals surface area contributed by atoms with Gasteiger partial charge in [0.25, 0.3) is 0 Å². The van der Waals surface area contributed by atoms with Crippen LogP contribution in [-0.4, -0.2) is 31.1 Å². The molecular weight excluding hydrogens is 220 g/mol. The molecule has 1 aliphatic rings. The predicted octanol–water partition coefficient (Wildman–Crippen LogP) is 2.46. The maximum Gasteiger partial charge on any atom is 0.0320 e. The van der Waals surface area contributed by atoms with Crippen LogP contribution in [0.4, 0.5) is 0 Å². The summed E-state index contributed by atoms with van der Waals surface area (Å²) in [5.41, 5.74) is 1.43. The van der Waals surface area contributed by atoms with E-state index in [0.29, 0.717) is 12.1 Å². The van der Waals surface area contributed by atoms with Gasteiger partial charge in [-0.2, -0.15) is 0 Å². The molecule has 0 amide bonds. The average molecular weight is 241 g/mol. The van der Waals surface area contributed by atoms with Crippen LogP contribution < -0.4 is 5.32 Å². The molecule has 16 heavy (non-hydrogen) atoms. The topological polar surface area (TPSA) is 15.3 Å². The van der Waals surface area contributed by atoms with Crippen LogP contribution in [0, 0.1) is 0 Å².